The van der Waals surface area contributed by atoms with Gasteiger partial charge in [-0.15, -0.1) is 5.92 Å². The first-order valence-electron chi connectivity index (χ1n) is 3.44. The number of rotatable bonds is 0. The van der Waals surface area contributed by atoms with Gasteiger partial charge in [-0.2, -0.15) is 0 Å². The average molecular weight is 138 g/mol. The fourth-order valence-electron chi connectivity index (χ4n) is 0.361. The van der Waals surface area contributed by atoms with Gasteiger partial charge in [0.2, 0.25) is 0 Å². The summed E-state index contributed by atoms with van der Waals surface area (Å²) in [5, 5.41) is 0. The van der Waals surface area contributed by atoms with Crippen LogP contribution < -0.4 is 0 Å². The molecule has 0 unspecified atom stereocenters. The van der Waals surface area contributed by atoms with Crippen LogP contribution in [0, 0.1) is 16.1 Å². The van der Waals surface area contributed by atoms with Gasteiger partial charge >= 0.3 is 14.1 Å². The normalized spacial score (nSPS) is 9.89. The van der Waals surface area contributed by atoms with Crippen LogP contribution in [0.5, 0.6) is 0 Å². The quantitative estimate of drug-likeness (QED) is 0.356. The zero-order chi connectivity index (χ0) is 7.49. The Bertz CT molecular complexity index is 129. The highest BCUT2D eigenvalue weighted by Crippen LogP contribution is 2.09. The average Bonchev–Trinajstić information content (AvgIpc) is 1.59. The molecule has 0 aromatic carbocycles. The number of hydrogen-bond acceptors (Lipinski definition) is 0. The summed E-state index contributed by atoms with van der Waals surface area (Å²) in [6.07, 6.45) is 0. The highest BCUT2D eigenvalue weighted by Gasteiger charge is 2.04. The Morgan fingerprint density at radius 3 is 1.67 bits per heavy atom. The molecule has 0 fully saturated rings. The molecule has 0 rings (SSSR count). The van der Waals surface area contributed by atoms with Crippen LogP contribution in [0.15, 0.2) is 0 Å². The molecule has 0 aromatic heterocycles. The van der Waals surface area contributed by atoms with Crippen molar-refractivity contribution < 1.29 is 0 Å². The molecule has 0 heterocycles. The largest absolute Gasteiger partial charge is 0.369 e. The van der Waals surface area contributed by atoms with Crippen molar-refractivity contribution in [2.45, 2.75) is 32.3 Å². The lowest BCUT2D eigenvalue weighted by Crippen LogP contribution is -2.03. The van der Waals surface area contributed by atoms with Crippen LogP contribution in [0.2, 0.25) is 11.6 Å². The van der Waals surface area contributed by atoms with Crippen LogP contribution in [-0.4, -0.2) is 14.1 Å². The van der Waals surface area contributed by atoms with Crippen molar-refractivity contribution in [3.63, 3.8) is 0 Å². The fourth-order valence-corrected chi connectivity index (χ4v) is 1.08. The monoisotopic (exact) mass is 138 g/mol. The van der Waals surface area contributed by atoms with Crippen LogP contribution in [0.3, 0.4) is 0 Å². The van der Waals surface area contributed by atoms with Crippen molar-refractivity contribution in [1.29, 1.82) is 0 Å². The summed E-state index contributed by atoms with van der Waals surface area (Å²) in [5.41, 5.74) is 0.206. The van der Waals surface area contributed by atoms with E-state index in [1.165, 1.54) is 0 Å². The molecule has 0 aromatic rings. The third-order valence-electron chi connectivity index (χ3n) is 0.736. The molecule has 0 saturated heterocycles. The van der Waals surface area contributed by atoms with E-state index in [4.69, 9.17) is 0 Å². The third-order valence-corrected chi connectivity index (χ3v) is 1.46. The molecule has 0 aliphatic rings. The van der Waals surface area contributed by atoms with Crippen LogP contribution in [0.25, 0.3) is 0 Å². The summed E-state index contributed by atoms with van der Waals surface area (Å²) < 4.78 is 0. The van der Waals surface area contributed by atoms with Gasteiger partial charge in [-0.05, 0) is 20.8 Å². The van der Waals surface area contributed by atoms with E-state index in [1.807, 2.05) is 0 Å². The molecule has 9 heavy (non-hydrogen) atoms. The van der Waals surface area contributed by atoms with Crippen LogP contribution in [-0.2, 0) is 0 Å². The minimum absolute atomic E-state index is 0.206. The molecule has 0 radical (unpaired) electrons. The molecule has 50 valence electrons. The van der Waals surface area contributed by atoms with Gasteiger partial charge in [0.15, 0.2) is 0 Å². The molecule has 0 N–H and O–H groups in total. The van der Waals surface area contributed by atoms with Crippen molar-refractivity contribution in [1.82, 2.24) is 0 Å². The van der Waals surface area contributed by atoms with Gasteiger partial charge < -0.3 is 0 Å². The molecule has 0 aliphatic heterocycles. The van der Waals surface area contributed by atoms with Crippen molar-refractivity contribution in [2.75, 3.05) is 0 Å². The van der Waals surface area contributed by atoms with E-state index in [0.29, 0.717) is 0 Å². The van der Waals surface area contributed by atoms with Gasteiger partial charge in [-0.1, -0.05) is 11.6 Å². The standard InChI is InChI=1S/C6H9.2CH3.Al/c1-5-6(2,3)4;;;/h2-4H3;2*1H3;. The Labute approximate surface area is 63.0 Å². The van der Waals surface area contributed by atoms with E-state index in [0.717, 1.165) is 0 Å². The topological polar surface area (TPSA) is 0 Å². The summed E-state index contributed by atoms with van der Waals surface area (Å²) >= 11 is -0.631. The molecule has 0 nitrogen and oxygen atoms in total. The van der Waals surface area contributed by atoms with Gasteiger partial charge in [0.1, 0.15) is 0 Å². The molecule has 0 amide bonds. The Morgan fingerprint density at radius 2 is 1.56 bits per heavy atom. The second-order valence-corrected chi connectivity index (χ2v) is 6.27. The van der Waals surface area contributed by atoms with Crippen LogP contribution in [0.4, 0.5) is 0 Å². The van der Waals surface area contributed by atoms with E-state index >= 15 is 0 Å². The van der Waals surface area contributed by atoms with Gasteiger partial charge in [0.05, 0.1) is 0 Å². The Hall–Kier alpha value is 0.0925. The van der Waals surface area contributed by atoms with Gasteiger partial charge in [-0.25, -0.2) is 4.78 Å². The molecule has 1 heteroatoms. The smallest absolute Gasteiger partial charge is 0.205 e. The first-order valence-corrected chi connectivity index (χ1v) is 6.33. The maximum absolute atomic E-state index is 3.27. The highest BCUT2D eigenvalue weighted by atomic mass is 27.2. The van der Waals surface area contributed by atoms with E-state index in [2.05, 4.69) is 43.0 Å². The lowest BCUT2D eigenvalue weighted by atomic mass is 9.99. The predicted molar refractivity (Wildman–Crippen MR) is 44.7 cm³/mol. The SMILES string of the molecule is [CH3][Al]([CH3])[C]#CC(C)(C)C. The zero-order valence-corrected chi connectivity index (χ0v) is 8.23. The maximum Gasteiger partial charge on any atom is 0.369 e. The van der Waals surface area contributed by atoms with E-state index in [-0.39, 0.29) is 5.41 Å². The van der Waals surface area contributed by atoms with Gasteiger partial charge in [0.25, 0.3) is 0 Å². The van der Waals surface area contributed by atoms with Crippen molar-refractivity contribution >= 4 is 14.1 Å². The molecule has 0 bridgehead atoms. The molecule has 0 saturated carbocycles. The molecule has 0 atom stereocenters. The number of hydrogen-bond donors (Lipinski definition) is 0. The second-order valence-electron chi connectivity index (χ2n) is 3.67. The minimum atomic E-state index is -0.631. The summed E-state index contributed by atoms with van der Waals surface area (Å²) in [5.74, 6) is 7.73. The summed E-state index contributed by atoms with van der Waals surface area (Å²) in [7, 11) is 0. The third kappa shape index (κ3) is 8.09. The Morgan fingerprint density at radius 1 is 1.11 bits per heavy atom. The Balaban J connectivity index is 3.88. The second kappa shape index (κ2) is 3.31. The Kier molecular flexibility index (Phi) is 3.34. The van der Waals surface area contributed by atoms with Crippen molar-refractivity contribution in [2.24, 2.45) is 5.41 Å². The van der Waals surface area contributed by atoms with E-state index in [9.17, 15) is 0 Å². The molecular weight excluding hydrogens is 123 g/mol. The summed E-state index contributed by atoms with van der Waals surface area (Å²) in [6, 6.07) is 0. The maximum atomic E-state index is 3.27. The van der Waals surface area contributed by atoms with Crippen LogP contribution in [0.1, 0.15) is 20.8 Å². The molecule has 0 spiro atoms. The lowest BCUT2D eigenvalue weighted by Gasteiger charge is -2.07. The zero-order valence-electron chi connectivity index (χ0n) is 7.08. The lowest BCUT2D eigenvalue weighted by molar-refractivity contribution is 0.571. The van der Waals surface area contributed by atoms with E-state index in [1.54, 1.807) is 0 Å². The highest BCUT2D eigenvalue weighted by molar-refractivity contribution is 6.64. The molecular formula is C8H15Al. The molecule has 0 aliphatic carbocycles. The van der Waals surface area contributed by atoms with Gasteiger partial charge in [-0.3, -0.25) is 0 Å². The van der Waals surface area contributed by atoms with Gasteiger partial charge in [0, 0.05) is 5.41 Å². The van der Waals surface area contributed by atoms with Crippen molar-refractivity contribution in [3.8, 4) is 10.7 Å². The fraction of sp³-hybridized carbons (Fsp3) is 0.750. The first-order chi connectivity index (χ1) is 3.92. The van der Waals surface area contributed by atoms with Crippen LogP contribution >= 0.6 is 0 Å². The predicted octanol–water partition coefficient (Wildman–Crippen LogP) is 2.33. The van der Waals surface area contributed by atoms with E-state index < -0.39 is 14.1 Å². The first kappa shape index (κ1) is 9.09. The summed E-state index contributed by atoms with van der Waals surface area (Å²) in [6.45, 7) is 6.45. The summed E-state index contributed by atoms with van der Waals surface area (Å²) in [4.78, 5) is 3.27. The minimum Gasteiger partial charge on any atom is -0.205 e. The van der Waals surface area contributed by atoms with Crippen molar-refractivity contribution in [3.05, 3.63) is 0 Å².